The smallest absolute Gasteiger partial charge is 0.0207 e. The molecule has 0 fully saturated rings. The van der Waals surface area contributed by atoms with E-state index in [0.717, 1.165) is 6.54 Å². The largest absolute Gasteiger partial charge is 0.310 e. The second-order valence-electron chi connectivity index (χ2n) is 7.80. The van der Waals surface area contributed by atoms with Crippen molar-refractivity contribution >= 4 is 12.4 Å². The SMILES string of the molecule is CCCCCCCCCCCCCCCC(C)NCc1ccccc1.Cl. The monoisotopic (exact) mass is 381 g/mol. The number of hydrogen-bond donors (Lipinski definition) is 1. The van der Waals surface area contributed by atoms with Crippen LogP contribution in [-0.2, 0) is 6.54 Å². The molecule has 0 saturated heterocycles. The third-order valence-electron chi connectivity index (χ3n) is 5.24. The lowest BCUT2D eigenvalue weighted by Gasteiger charge is -2.13. The summed E-state index contributed by atoms with van der Waals surface area (Å²) in [6.07, 6.45) is 20.0. The van der Waals surface area contributed by atoms with E-state index in [1.54, 1.807) is 0 Å². The number of benzene rings is 1. The van der Waals surface area contributed by atoms with Gasteiger partial charge in [0.2, 0.25) is 0 Å². The summed E-state index contributed by atoms with van der Waals surface area (Å²) < 4.78 is 0. The predicted octanol–water partition coefficient (Wildman–Crippen LogP) is 8.07. The van der Waals surface area contributed by atoms with Gasteiger partial charge in [-0.15, -0.1) is 12.4 Å². The first kappa shape index (κ1) is 25.5. The number of rotatable bonds is 17. The first-order valence-electron chi connectivity index (χ1n) is 11.1. The number of halogens is 1. The minimum absolute atomic E-state index is 0. The molecular weight excluding hydrogens is 338 g/mol. The highest BCUT2D eigenvalue weighted by atomic mass is 35.5. The molecule has 1 atom stereocenters. The van der Waals surface area contributed by atoms with E-state index in [0.29, 0.717) is 6.04 Å². The van der Waals surface area contributed by atoms with Gasteiger partial charge in [0.15, 0.2) is 0 Å². The highest BCUT2D eigenvalue weighted by Gasteiger charge is 2.01. The molecule has 26 heavy (non-hydrogen) atoms. The van der Waals surface area contributed by atoms with Crippen LogP contribution in [0.3, 0.4) is 0 Å². The number of unbranched alkanes of at least 4 members (excludes halogenated alkanes) is 12. The maximum Gasteiger partial charge on any atom is 0.0207 e. The van der Waals surface area contributed by atoms with Crippen LogP contribution >= 0.6 is 12.4 Å². The Labute approximate surface area is 170 Å². The van der Waals surface area contributed by atoms with Crippen molar-refractivity contribution in [1.29, 1.82) is 0 Å². The van der Waals surface area contributed by atoms with E-state index in [1.165, 1.54) is 95.5 Å². The fourth-order valence-corrected chi connectivity index (χ4v) is 3.46. The van der Waals surface area contributed by atoms with Crippen LogP contribution in [-0.4, -0.2) is 6.04 Å². The average molecular weight is 382 g/mol. The molecule has 0 amide bonds. The summed E-state index contributed by atoms with van der Waals surface area (Å²) in [6, 6.07) is 11.4. The molecule has 1 unspecified atom stereocenters. The molecule has 0 aliphatic heterocycles. The zero-order chi connectivity index (χ0) is 18.0. The number of hydrogen-bond acceptors (Lipinski definition) is 1. The summed E-state index contributed by atoms with van der Waals surface area (Å²) in [5.74, 6) is 0. The normalized spacial score (nSPS) is 11.9. The van der Waals surface area contributed by atoms with Crippen LogP contribution in [0, 0.1) is 0 Å². The van der Waals surface area contributed by atoms with Crippen LogP contribution in [0.25, 0.3) is 0 Å². The Kier molecular flexibility index (Phi) is 18.8. The predicted molar refractivity (Wildman–Crippen MR) is 120 cm³/mol. The Bertz CT molecular complexity index is 379. The van der Waals surface area contributed by atoms with Gasteiger partial charge >= 0.3 is 0 Å². The minimum Gasteiger partial charge on any atom is -0.310 e. The van der Waals surface area contributed by atoms with Crippen molar-refractivity contribution < 1.29 is 0 Å². The summed E-state index contributed by atoms with van der Waals surface area (Å²) in [7, 11) is 0. The lowest BCUT2D eigenvalue weighted by Crippen LogP contribution is -2.25. The Morgan fingerprint density at radius 1 is 0.692 bits per heavy atom. The molecule has 1 aromatic rings. The van der Waals surface area contributed by atoms with Gasteiger partial charge in [0.25, 0.3) is 0 Å². The Balaban J connectivity index is 0.00000625. The van der Waals surface area contributed by atoms with Gasteiger partial charge in [-0.05, 0) is 18.9 Å². The van der Waals surface area contributed by atoms with Crippen molar-refractivity contribution in [3.63, 3.8) is 0 Å². The van der Waals surface area contributed by atoms with E-state index in [2.05, 4.69) is 49.5 Å². The van der Waals surface area contributed by atoms with E-state index in [1.807, 2.05) is 0 Å². The van der Waals surface area contributed by atoms with Crippen molar-refractivity contribution in [3.05, 3.63) is 35.9 Å². The maximum absolute atomic E-state index is 3.64. The van der Waals surface area contributed by atoms with Gasteiger partial charge in [-0.25, -0.2) is 0 Å². The molecule has 0 saturated carbocycles. The van der Waals surface area contributed by atoms with Crippen LogP contribution in [0.1, 0.15) is 109 Å². The molecular formula is C24H44ClN. The first-order valence-corrected chi connectivity index (χ1v) is 11.1. The Morgan fingerprint density at radius 2 is 1.15 bits per heavy atom. The third kappa shape index (κ3) is 15.7. The Morgan fingerprint density at radius 3 is 1.65 bits per heavy atom. The summed E-state index contributed by atoms with van der Waals surface area (Å²) >= 11 is 0. The van der Waals surface area contributed by atoms with E-state index in [4.69, 9.17) is 0 Å². The van der Waals surface area contributed by atoms with Crippen LogP contribution in [0.2, 0.25) is 0 Å². The molecule has 1 nitrogen and oxygen atoms in total. The van der Waals surface area contributed by atoms with Gasteiger partial charge in [-0.3, -0.25) is 0 Å². The standard InChI is InChI=1S/C24H43N.ClH/c1-3-4-5-6-7-8-9-10-11-12-13-14-16-19-23(2)25-22-24-20-17-15-18-21-24;/h15,17-18,20-21,23,25H,3-14,16,19,22H2,1-2H3;1H. The van der Waals surface area contributed by atoms with Gasteiger partial charge in [-0.2, -0.15) is 0 Å². The summed E-state index contributed by atoms with van der Waals surface area (Å²) in [4.78, 5) is 0. The van der Waals surface area contributed by atoms with E-state index < -0.39 is 0 Å². The van der Waals surface area contributed by atoms with E-state index in [-0.39, 0.29) is 12.4 Å². The zero-order valence-electron chi connectivity index (χ0n) is 17.5. The lowest BCUT2D eigenvalue weighted by molar-refractivity contribution is 0.474. The molecule has 152 valence electrons. The molecule has 1 N–H and O–H groups in total. The van der Waals surface area contributed by atoms with Crippen LogP contribution in [0.4, 0.5) is 0 Å². The van der Waals surface area contributed by atoms with Gasteiger partial charge < -0.3 is 5.32 Å². The molecule has 0 bridgehead atoms. The number of nitrogens with one attached hydrogen (secondary N) is 1. The van der Waals surface area contributed by atoms with Crippen molar-refractivity contribution in [2.75, 3.05) is 0 Å². The molecule has 1 aromatic carbocycles. The van der Waals surface area contributed by atoms with Gasteiger partial charge in [0, 0.05) is 12.6 Å². The fourth-order valence-electron chi connectivity index (χ4n) is 3.46. The second kappa shape index (κ2) is 19.2. The highest BCUT2D eigenvalue weighted by Crippen LogP contribution is 2.13. The topological polar surface area (TPSA) is 12.0 Å². The quantitative estimate of drug-likeness (QED) is 0.269. The van der Waals surface area contributed by atoms with Gasteiger partial charge in [0.05, 0.1) is 0 Å². The molecule has 0 aromatic heterocycles. The minimum atomic E-state index is 0. The molecule has 0 aliphatic rings. The highest BCUT2D eigenvalue weighted by molar-refractivity contribution is 5.85. The average Bonchev–Trinajstić information content (AvgIpc) is 2.64. The Hall–Kier alpha value is -0.530. The molecule has 0 radical (unpaired) electrons. The summed E-state index contributed by atoms with van der Waals surface area (Å²) in [6.45, 7) is 5.62. The first-order chi connectivity index (χ1) is 12.3. The van der Waals surface area contributed by atoms with Crippen LogP contribution in [0.15, 0.2) is 30.3 Å². The van der Waals surface area contributed by atoms with Crippen LogP contribution < -0.4 is 5.32 Å². The van der Waals surface area contributed by atoms with Crippen molar-refractivity contribution in [2.45, 2.75) is 116 Å². The summed E-state index contributed by atoms with van der Waals surface area (Å²) in [5, 5.41) is 3.64. The van der Waals surface area contributed by atoms with Crippen molar-refractivity contribution in [2.24, 2.45) is 0 Å². The van der Waals surface area contributed by atoms with Gasteiger partial charge in [0.1, 0.15) is 0 Å². The fraction of sp³-hybridized carbons (Fsp3) is 0.750. The van der Waals surface area contributed by atoms with Gasteiger partial charge in [-0.1, -0.05) is 121 Å². The molecule has 0 aliphatic carbocycles. The van der Waals surface area contributed by atoms with E-state index >= 15 is 0 Å². The lowest BCUT2D eigenvalue weighted by atomic mass is 10.0. The maximum atomic E-state index is 3.64. The molecule has 0 spiro atoms. The molecule has 0 heterocycles. The summed E-state index contributed by atoms with van der Waals surface area (Å²) in [5.41, 5.74) is 1.39. The molecule has 1 rings (SSSR count). The zero-order valence-corrected chi connectivity index (χ0v) is 18.3. The molecule has 2 heteroatoms. The van der Waals surface area contributed by atoms with E-state index in [9.17, 15) is 0 Å². The van der Waals surface area contributed by atoms with Crippen LogP contribution in [0.5, 0.6) is 0 Å². The third-order valence-corrected chi connectivity index (χ3v) is 5.24. The van der Waals surface area contributed by atoms with Crippen molar-refractivity contribution in [1.82, 2.24) is 5.32 Å². The second-order valence-corrected chi connectivity index (χ2v) is 7.80. The van der Waals surface area contributed by atoms with Crippen molar-refractivity contribution in [3.8, 4) is 0 Å².